The lowest BCUT2D eigenvalue weighted by Crippen LogP contribution is -1.98. The van der Waals surface area contributed by atoms with E-state index in [0.29, 0.717) is 6.04 Å². The lowest BCUT2D eigenvalue weighted by Gasteiger charge is -2.07. The number of benzene rings is 1. The maximum Gasteiger partial charge on any atom is 0.144 e. The molecule has 2 aromatic heterocycles. The zero-order valence-electron chi connectivity index (χ0n) is 11.7. The van der Waals surface area contributed by atoms with Gasteiger partial charge in [-0.2, -0.15) is 0 Å². The number of hydrogen-bond donors (Lipinski definition) is 1. The predicted molar refractivity (Wildman–Crippen MR) is 85.2 cm³/mol. The summed E-state index contributed by atoms with van der Waals surface area (Å²) >= 11 is 1.64. The van der Waals surface area contributed by atoms with E-state index in [9.17, 15) is 0 Å². The molecule has 0 bridgehead atoms. The van der Waals surface area contributed by atoms with Crippen molar-refractivity contribution in [2.45, 2.75) is 32.7 Å². The van der Waals surface area contributed by atoms with Crippen LogP contribution < -0.4 is 5.73 Å². The van der Waals surface area contributed by atoms with Gasteiger partial charge in [0, 0.05) is 10.9 Å². The summed E-state index contributed by atoms with van der Waals surface area (Å²) in [7, 11) is 0. The Labute approximate surface area is 122 Å². The van der Waals surface area contributed by atoms with Gasteiger partial charge in [0.05, 0.1) is 21.6 Å². The molecule has 3 aromatic rings. The molecule has 0 unspecified atom stereocenters. The second-order valence-corrected chi connectivity index (χ2v) is 6.95. The number of nitrogens with two attached hydrogens (primary N) is 1. The Kier molecular flexibility index (Phi) is 2.45. The fraction of sp³-hybridized carbons (Fsp3) is 0.312. The van der Waals surface area contributed by atoms with Crippen molar-refractivity contribution in [1.29, 1.82) is 0 Å². The lowest BCUT2D eigenvalue weighted by molar-refractivity contribution is 0.776. The monoisotopic (exact) mass is 283 g/mol. The van der Waals surface area contributed by atoms with Gasteiger partial charge in [-0.25, -0.2) is 4.98 Å². The topological polar surface area (TPSA) is 43.8 Å². The van der Waals surface area contributed by atoms with Crippen LogP contribution in [-0.2, 0) is 0 Å². The summed E-state index contributed by atoms with van der Waals surface area (Å²) in [5, 5.41) is 0.872. The van der Waals surface area contributed by atoms with E-state index in [2.05, 4.69) is 42.7 Å². The average Bonchev–Trinajstić information content (AvgIpc) is 3.08. The number of imidazole rings is 1. The van der Waals surface area contributed by atoms with Gasteiger partial charge in [0.2, 0.25) is 0 Å². The number of hydrogen-bond acceptors (Lipinski definition) is 3. The summed E-state index contributed by atoms with van der Waals surface area (Å²) in [6.45, 7) is 4.21. The Hall–Kier alpha value is -1.81. The standard InChI is InChI=1S/C16H17N3S/c1-9-3-6-14-13(7-9)18-16(19(14)11-4-5-11)12-8-10(2)20-15(12)17/h3,6-8,11H,4-5,17H2,1-2H3. The number of thiophene rings is 1. The molecule has 2 heterocycles. The number of aromatic nitrogens is 2. The number of rotatable bonds is 2. The summed E-state index contributed by atoms with van der Waals surface area (Å²) in [6.07, 6.45) is 2.49. The first-order valence-corrected chi connectivity index (χ1v) is 7.80. The third-order valence-corrected chi connectivity index (χ3v) is 4.76. The van der Waals surface area contributed by atoms with Crippen LogP contribution in [0.15, 0.2) is 24.3 Å². The Balaban J connectivity index is 2.03. The second kappa shape index (κ2) is 4.09. The number of nitrogen functional groups attached to an aromatic ring is 1. The Morgan fingerprint density at radius 1 is 1.25 bits per heavy atom. The van der Waals surface area contributed by atoms with Crippen LogP contribution in [0.5, 0.6) is 0 Å². The molecule has 1 aromatic carbocycles. The Morgan fingerprint density at radius 3 is 2.70 bits per heavy atom. The van der Waals surface area contributed by atoms with Gasteiger partial charge in [-0.1, -0.05) is 6.07 Å². The molecular weight excluding hydrogens is 266 g/mol. The lowest BCUT2D eigenvalue weighted by atomic mass is 10.2. The predicted octanol–water partition coefficient (Wildman–Crippen LogP) is 4.30. The molecule has 0 atom stereocenters. The van der Waals surface area contributed by atoms with Gasteiger partial charge in [-0.15, -0.1) is 11.3 Å². The zero-order chi connectivity index (χ0) is 13.9. The molecule has 0 radical (unpaired) electrons. The number of aryl methyl sites for hydroxylation is 2. The number of anilines is 1. The van der Waals surface area contributed by atoms with Gasteiger partial charge in [0.25, 0.3) is 0 Å². The molecule has 3 nitrogen and oxygen atoms in total. The van der Waals surface area contributed by atoms with Gasteiger partial charge in [-0.05, 0) is 50.5 Å². The highest BCUT2D eigenvalue weighted by molar-refractivity contribution is 7.16. The van der Waals surface area contributed by atoms with Gasteiger partial charge >= 0.3 is 0 Å². The van der Waals surface area contributed by atoms with E-state index in [-0.39, 0.29) is 0 Å². The van der Waals surface area contributed by atoms with E-state index in [1.54, 1.807) is 11.3 Å². The highest BCUT2D eigenvalue weighted by atomic mass is 32.1. The van der Waals surface area contributed by atoms with Gasteiger partial charge in [0.1, 0.15) is 5.82 Å². The molecule has 1 saturated carbocycles. The molecule has 0 aliphatic heterocycles. The fourth-order valence-corrected chi connectivity index (χ4v) is 3.59. The summed E-state index contributed by atoms with van der Waals surface area (Å²) in [6, 6.07) is 9.27. The minimum atomic E-state index is 0.595. The van der Waals surface area contributed by atoms with E-state index in [1.165, 1.54) is 28.8 Å². The maximum atomic E-state index is 6.18. The molecule has 2 N–H and O–H groups in total. The quantitative estimate of drug-likeness (QED) is 0.762. The van der Waals surface area contributed by atoms with E-state index in [4.69, 9.17) is 10.7 Å². The maximum absolute atomic E-state index is 6.18. The summed E-state index contributed by atoms with van der Waals surface area (Å²) in [4.78, 5) is 6.11. The molecule has 0 amide bonds. The van der Waals surface area contributed by atoms with Crippen LogP contribution in [0.3, 0.4) is 0 Å². The molecular formula is C16H17N3S. The second-order valence-electron chi connectivity index (χ2n) is 5.66. The van der Waals surface area contributed by atoms with E-state index < -0.39 is 0 Å². The average molecular weight is 283 g/mol. The molecule has 0 saturated heterocycles. The fourth-order valence-electron chi connectivity index (χ4n) is 2.81. The van der Waals surface area contributed by atoms with Crippen molar-refractivity contribution >= 4 is 27.4 Å². The van der Waals surface area contributed by atoms with Crippen LogP contribution in [0.4, 0.5) is 5.00 Å². The molecule has 20 heavy (non-hydrogen) atoms. The Bertz CT molecular complexity index is 809. The molecule has 1 aliphatic rings. The smallest absolute Gasteiger partial charge is 0.144 e. The molecule has 4 rings (SSSR count). The van der Waals surface area contributed by atoms with Crippen molar-refractivity contribution in [3.8, 4) is 11.4 Å². The van der Waals surface area contributed by atoms with Crippen LogP contribution in [0.2, 0.25) is 0 Å². The third-order valence-electron chi connectivity index (χ3n) is 3.88. The number of nitrogens with zero attached hydrogens (tertiary/aromatic N) is 2. The van der Waals surface area contributed by atoms with E-state index >= 15 is 0 Å². The molecule has 4 heteroatoms. The van der Waals surface area contributed by atoms with Crippen molar-refractivity contribution in [2.75, 3.05) is 5.73 Å². The summed E-state index contributed by atoms with van der Waals surface area (Å²) in [5.74, 6) is 1.04. The first-order chi connectivity index (χ1) is 9.63. The minimum Gasteiger partial charge on any atom is -0.390 e. The first-order valence-electron chi connectivity index (χ1n) is 6.98. The van der Waals surface area contributed by atoms with E-state index in [1.807, 2.05) is 0 Å². The molecule has 1 aliphatic carbocycles. The van der Waals surface area contributed by atoms with Crippen LogP contribution in [0.25, 0.3) is 22.4 Å². The number of fused-ring (bicyclic) bond motifs is 1. The van der Waals surface area contributed by atoms with Crippen molar-refractivity contribution in [1.82, 2.24) is 9.55 Å². The van der Waals surface area contributed by atoms with Crippen LogP contribution in [0, 0.1) is 13.8 Å². The Morgan fingerprint density at radius 2 is 2.05 bits per heavy atom. The van der Waals surface area contributed by atoms with Crippen LogP contribution >= 0.6 is 11.3 Å². The SMILES string of the molecule is Cc1ccc2c(c1)nc(-c1cc(C)sc1N)n2C1CC1. The third kappa shape index (κ3) is 1.75. The summed E-state index contributed by atoms with van der Waals surface area (Å²) in [5.41, 5.74) is 10.8. The van der Waals surface area contributed by atoms with Crippen molar-refractivity contribution in [3.63, 3.8) is 0 Å². The largest absolute Gasteiger partial charge is 0.390 e. The zero-order valence-corrected chi connectivity index (χ0v) is 12.5. The van der Waals surface area contributed by atoms with Crippen molar-refractivity contribution in [2.24, 2.45) is 0 Å². The first kappa shape index (κ1) is 12.0. The van der Waals surface area contributed by atoms with Gasteiger partial charge < -0.3 is 10.3 Å². The normalized spacial score (nSPS) is 15.1. The molecule has 0 spiro atoms. The molecule has 1 fully saturated rings. The highest BCUT2D eigenvalue weighted by Gasteiger charge is 2.29. The van der Waals surface area contributed by atoms with Crippen molar-refractivity contribution < 1.29 is 0 Å². The van der Waals surface area contributed by atoms with Gasteiger partial charge in [-0.3, -0.25) is 0 Å². The van der Waals surface area contributed by atoms with Crippen LogP contribution in [-0.4, -0.2) is 9.55 Å². The van der Waals surface area contributed by atoms with Crippen LogP contribution in [0.1, 0.15) is 29.3 Å². The highest BCUT2D eigenvalue weighted by Crippen LogP contribution is 2.43. The minimum absolute atomic E-state index is 0.595. The van der Waals surface area contributed by atoms with Gasteiger partial charge in [0.15, 0.2) is 0 Å². The van der Waals surface area contributed by atoms with Crippen molar-refractivity contribution in [3.05, 3.63) is 34.7 Å². The summed E-state index contributed by atoms with van der Waals surface area (Å²) < 4.78 is 2.38. The molecule has 102 valence electrons. The van der Waals surface area contributed by atoms with E-state index in [0.717, 1.165) is 21.9 Å².